The van der Waals surface area contributed by atoms with Crippen LogP contribution in [-0.2, 0) is 4.74 Å². The first-order chi connectivity index (χ1) is 9.74. The summed E-state index contributed by atoms with van der Waals surface area (Å²) in [6, 6.07) is 8.51. The maximum Gasteiger partial charge on any atom is 0.202 e. The van der Waals surface area contributed by atoms with Crippen LogP contribution in [-0.4, -0.2) is 13.4 Å². The van der Waals surface area contributed by atoms with E-state index in [1.807, 2.05) is 0 Å². The van der Waals surface area contributed by atoms with E-state index in [-0.39, 0.29) is 6.29 Å². The third-order valence-electron chi connectivity index (χ3n) is 4.58. The molecule has 0 heterocycles. The topological polar surface area (TPSA) is 18.5 Å². The van der Waals surface area contributed by atoms with E-state index in [2.05, 4.69) is 38.1 Å². The summed E-state index contributed by atoms with van der Waals surface area (Å²) in [4.78, 5) is 0. The highest BCUT2D eigenvalue weighted by Crippen LogP contribution is 2.30. The summed E-state index contributed by atoms with van der Waals surface area (Å²) < 4.78 is 11.6. The van der Waals surface area contributed by atoms with Crippen molar-refractivity contribution in [3.63, 3.8) is 0 Å². The number of hydrogen-bond acceptors (Lipinski definition) is 2. The number of benzene rings is 1. The fraction of sp³-hybridized carbons (Fsp3) is 0.667. The first-order valence-electron chi connectivity index (χ1n) is 8.04. The summed E-state index contributed by atoms with van der Waals surface area (Å²) in [5.74, 6) is 2.08. The summed E-state index contributed by atoms with van der Waals surface area (Å²) in [7, 11) is 1.76. The van der Waals surface area contributed by atoms with Crippen molar-refractivity contribution in [2.75, 3.05) is 7.11 Å². The predicted molar refractivity (Wildman–Crippen MR) is 83.1 cm³/mol. The van der Waals surface area contributed by atoms with Crippen molar-refractivity contribution >= 4 is 0 Å². The van der Waals surface area contributed by atoms with E-state index in [0.717, 1.165) is 5.75 Å². The maximum atomic E-state index is 6.05. The highest BCUT2D eigenvalue weighted by Gasteiger charge is 2.25. The van der Waals surface area contributed by atoms with Gasteiger partial charge in [0.05, 0.1) is 0 Å². The van der Waals surface area contributed by atoms with Gasteiger partial charge < -0.3 is 9.47 Å². The Labute approximate surface area is 123 Å². The van der Waals surface area contributed by atoms with Crippen LogP contribution in [0, 0.1) is 5.92 Å². The van der Waals surface area contributed by atoms with Crippen LogP contribution in [0.2, 0.25) is 0 Å². The van der Waals surface area contributed by atoms with Crippen molar-refractivity contribution in [1.29, 1.82) is 0 Å². The molecule has 1 fully saturated rings. The van der Waals surface area contributed by atoms with Crippen molar-refractivity contribution in [1.82, 2.24) is 0 Å². The molecule has 1 aliphatic carbocycles. The van der Waals surface area contributed by atoms with Gasteiger partial charge in [0.2, 0.25) is 6.29 Å². The van der Waals surface area contributed by atoms with Crippen molar-refractivity contribution in [3.8, 4) is 5.75 Å². The molecular weight excluding hydrogens is 248 g/mol. The van der Waals surface area contributed by atoms with E-state index >= 15 is 0 Å². The second kappa shape index (κ2) is 7.68. The number of rotatable bonds is 6. The molecule has 2 nitrogen and oxygen atoms in total. The van der Waals surface area contributed by atoms with Crippen LogP contribution in [0.3, 0.4) is 0 Å². The van der Waals surface area contributed by atoms with Gasteiger partial charge >= 0.3 is 0 Å². The molecule has 112 valence electrons. The quantitative estimate of drug-likeness (QED) is 0.670. The zero-order chi connectivity index (χ0) is 14.4. The Bertz CT molecular complexity index is 379. The third-order valence-corrected chi connectivity index (χ3v) is 4.58. The lowest BCUT2D eigenvalue weighted by Gasteiger charge is -2.29. The fourth-order valence-electron chi connectivity index (χ4n) is 2.99. The number of methoxy groups -OCH3 is 1. The Morgan fingerprint density at radius 1 is 1.10 bits per heavy atom. The van der Waals surface area contributed by atoms with Gasteiger partial charge in [-0.2, -0.15) is 0 Å². The summed E-state index contributed by atoms with van der Waals surface area (Å²) >= 11 is 0. The summed E-state index contributed by atoms with van der Waals surface area (Å²) in [5.41, 5.74) is 1.38. The van der Waals surface area contributed by atoms with E-state index in [1.54, 1.807) is 7.11 Å². The summed E-state index contributed by atoms with van der Waals surface area (Å²) in [6.45, 7) is 4.48. The molecule has 0 spiro atoms. The second-order valence-electron chi connectivity index (χ2n) is 6.00. The molecule has 2 unspecified atom stereocenters. The van der Waals surface area contributed by atoms with E-state index in [4.69, 9.17) is 9.47 Å². The van der Waals surface area contributed by atoms with Gasteiger partial charge in [-0.25, -0.2) is 0 Å². The third kappa shape index (κ3) is 3.99. The average molecular weight is 276 g/mol. The molecular formula is C18H28O2. The van der Waals surface area contributed by atoms with Gasteiger partial charge in [0.1, 0.15) is 5.75 Å². The van der Waals surface area contributed by atoms with Gasteiger partial charge in [0.25, 0.3) is 0 Å². The van der Waals surface area contributed by atoms with Crippen molar-refractivity contribution in [2.24, 2.45) is 5.92 Å². The maximum absolute atomic E-state index is 6.05. The Morgan fingerprint density at radius 3 is 2.30 bits per heavy atom. The first-order valence-corrected chi connectivity index (χ1v) is 8.04. The van der Waals surface area contributed by atoms with Crippen LogP contribution < -0.4 is 4.74 Å². The minimum absolute atomic E-state index is 0.0928. The summed E-state index contributed by atoms with van der Waals surface area (Å²) in [5, 5.41) is 0. The number of hydrogen-bond donors (Lipinski definition) is 0. The van der Waals surface area contributed by atoms with Crippen LogP contribution in [0.4, 0.5) is 0 Å². The Balaban J connectivity index is 1.96. The predicted octanol–water partition coefficient (Wildman–Crippen LogP) is 5.13. The van der Waals surface area contributed by atoms with Crippen molar-refractivity contribution in [2.45, 2.75) is 64.6 Å². The van der Waals surface area contributed by atoms with E-state index in [0.29, 0.717) is 11.8 Å². The zero-order valence-electron chi connectivity index (χ0n) is 13.1. The monoisotopic (exact) mass is 276 g/mol. The molecule has 1 aromatic rings. The molecule has 2 atom stereocenters. The number of ether oxygens (including phenoxy) is 2. The molecule has 2 rings (SSSR count). The highest BCUT2D eigenvalue weighted by molar-refractivity contribution is 5.29. The molecule has 0 aliphatic heterocycles. The average Bonchev–Trinajstić information content (AvgIpc) is 2.53. The zero-order valence-corrected chi connectivity index (χ0v) is 13.1. The molecule has 2 heteroatoms. The van der Waals surface area contributed by atoms with Crippen LogP contribution >= 0.6 is 0 Å². The van der Waals surface area contributed by atoms with Gasteiger partial charge in [0, 0.05) is 13.0 Å². The van der Waals surface area contributed by atoms with Gasteiger partial charge in [-0.05, 0) is 42.9 Å². The first kappa shape index (κ1) is 15.4. The van der Waals surface area contributed by atoms with Gasteiger partial charge in [-0.1, -0.05) is 45.2 Å². The van der Waals surface area contributed by atoms with E-state index in [9.17, 15) is 0 Å². The second-order valence-corrected chi connectivity index (χ2v) is 6.00. The van der Waals surface area contributed by atoms with Gasteiger partial charge in [-0.15, -0.1) is 0 Å². The highest BCUT2D eigenvalue weighted by atomic mass is 16.7. The van der Waals surface area contributed by atoms with Crippen molar-refractivity contribution in [3.05, 3.63) is 29.8 Å². The van der Waals surface area contributed by atoms with Gasteiger partial charge in [-0.3, -0.25) is 0 Å². The molecule has 20 heavy (non-hydrogen) atoms. The molecule has 0 saturated heterocycles. The van der Waals surface area contributed by atoms with E-state index < -0.39 is 0 Å². The standard InChI is InChI=1S/C18H28O2/c1-4-14(2)15-10-12-17(13-11-15)20-18(19-3)16-8-6-5-7-9-16/h10-14,16,18H,4-9H2,1-3H3. The molecule has 0 N–H and O–H groups in total. The largest absolute Gasteiger partial charge is 0.465 e. The minimum atomic E-state index is -0.0928. The molecule has 0 amide bonds. The van der Waals surface area contributed by atoms with Crippen LogP contribution in [0.15, 0.2) is 24.3 Å². The lowest BCUT2D eigenvalue weighted by atomic mass is 9.89. The molecule has 1 aliphatic rings. The SMILES string of the molecule is CCC(C)c1ccc(OC(OC)C2CCCCC2)cc1. The minimum Gasteiger partial charge on any atom is -0.465 e. The fourth-order valence-corrected chi connectivity index (χ4v) is 2.99. The van der Waals surface area contributed by atoms with E-state index in [1.165, 1.54) is 44.1 Å². The molecule has 0 bridgehead atoms. The van der Waals surface area contributed by atoms with Gasteiger partial charge in [0.15, 0.2) is 0 Å². The normalized spacial score (nSPS) is 19.6. The van der Waals surface area contributed by atoms with Crippen LogP contribution in [0.25, 0.3) is 0 Å². The Hall–Kier alpha value is -1.02. The molecule has 0 aromatic heterocycles. The van der Waals surface area contributed by atoms with Crippen molar-refractivity contribution < 1.29 is 9.47 Å². The lowest BCUT2D eigenvalue weighted by molar-refractivity contribution is -0.101. The van der Waals surface area contributed by atoms with Crippen LogP contribution in [0.5, 0.6) is 5.75 Å². The molecule has 1 aromatic carbocycles. The lowest BCUT2D eigenvalue weighted by Crippen LogP contribution is -2.30. The Kier molecular flexibility index (Phi) is 5.90. The molecule has 0 radical (unpaired) electrons. The summed E-state index contributed by atoms with van der Waals surface area (Å²) in [6.07, 6.45) is 7.50. The Morgan fingerprint density at radius 2 is 1.75 bits per heavy atom. The molecule has 1 saturated carbocycles. The smallest absolute Gasteiger partial charge is 0.202 e. The van der Waals surface area contributed by atoms with Crippen LogP contribution in [0.1, 0.15) is 63.9 Å².